The minimum absolute atomic E-state index is 0.158. The molecule has 6 heteroatoms. The summed E-state index contributed by atoms with van der Waals surface area (Å²) in [6.07, 6.45) is 2.16. The lowest BCUT2D eigenvalue weighted by molar-refractivity contribution is -0.129. The Balaban J connectivity index is 1.67. The smallest absolute Gasteiger partial charge is 0.235 e. The highest BCUT2D eigenvalue weighted by Crippen LogP contribution is 2.34. The van der Waals surface area contributed by atoms with Crippen molar-refractivity contribution in [3.05, 3.63) is 54.3 Å². The number of hydrogen-bond donors (Lipinski definition) is 0. The summed E-state index contributed by atoms with van der Waals surface area (Å²) in [6.45, 7) is 3.62. The van der Waals surface area contributed by atoms with E-state index in [1.807, 2.05) is 36.1 Å². The van der Waals surface area contributed by atoms with Gasteiger partial charge in [0.25, 0.3) is 0 Å². The Bertz CT molecular complexity index is 971. The highest BCUT2D eigenvalue weighted by atomic mass is 32.2. The van der Waals surface area contributed by atoms with Crippen molar-refractivity contribution in [1.82, 2.24) is 15.1 Å². The number of carbonyl (C=O) groups is 1. The van der Waals surface area contributed by atoms with Gasteiger partial charge in [-0.1, -0.05) is 36.0 Å². The van der Waals surface area contributed by atoms with Gasteiger partial charge in [-0.25, -0.2) is 4.39 Å². The number of halogens is 1. The molecule has 1 amide bonds. The number of thioether (sulfide) groups is 1. The number of nitrogens with zero attached hydrogens (tertiary/aromatic N) is 3. The number of rotatable bonds is 4. The van der Waals surface area contributed by atoms with Crippen LogP contribution in [-0.2, 0) is 4.79 Å². The first-order valence-electron chi connectivity index (χ1n) is 9.10. The van der Waals surface area contributed by atoms with Crippen molar-refractivity contribution in [2.75, 3.05) is 13.1 Å². The number of fused-ring (bicyclic) bond motifs is 1. The molecule has 1 unspecified atom stereocenters. The van der Waals surface area contributed by atoms with E-state index in [2.05, 4.69) is 10.2 Å². The molecule has 0 saturated carbocycles. The molecular weight excluding hydrogens is 361 g/mol. The van der Waals surface area contributed by atoms with Crippen molar-refractivity contribution in [3.63, 3.8) is 0 Å². The summed E-state index contributed by atoms with van der Waals surface area (Å²) < 4.78 is 13.3. The predicted octanol–water partition coefficient (Wildman–Crippen LogP) is 4.54. The molecule has 2 heterocycles. The maximum Gasteiger partial charge on any atom is 0.235 e. The van der Waals surface area contributed by atoms with E-state index in [1.54, 1.807) is 12.1 Å². The van der Waals surface area contributed by atoms with Gasteiger partial charge in [-0.05, 0) is 44.0 Å². The van der Waals surface area contributed by atoms with Gasteiger partial charge in [0.05, 0.1) is 5.25 Å². The number of amides is 1. The average Bonchev–Trinajstić information content (AvgIpc) is 3.23. The average molecular weight is 381 g/mol. The minimum atomic E-state index is -0.280. The van der Waals surface area contributed by atoms with Crippen LogP contribution in [-0.4, -0.2) is 39.3 Å². The van der Waals surface area contributed by atoms with Crippen LogP contribution in [0.1, 0.15) is 19.8 Å². The van der Waals surface area contributed by atoms with Gasteiger partial charge >= 0.3 is 0 Å². The van der Waals surface area contributed by atoms with Gasteiger partial charge in [0, 0.05) is 29.4 Å². The molecule has 1 saturated heterocycles. The van der Waals surface area contributed by atoms with Gasteiger partial charge in [0.1, 0.15) is 16.5 Å². The molecule has 0 spiro atoms. The first kappa shape index (κ1) is 17.9. The molecule has 0 N–H and O–H groups in total. The fourth-order valence-corrected chi connectivity index (χ4v) is 4.38. The number of benzene rings is 2. The monoisotopic (exact) mass is 381 g/mol. The van der Waals surface area contributed by atoms with Crippen LogP contribution >= 0.6 is 11.8 Å². The van der Waals surface area contributed by atoms with Crippen LogP contribution in [0.5, 0.6) is 0 Å². The molecule has 1 aliphatic heterocycles. The van der Waals surface area contributed by atoms with Crippen LogP contribution in [0.25, 0.3) is 22.0 Å². The van der Waals surface area contributed by atoms with Crippen LogP contribution in [0.2, 0.25) is 0 Å². The summed E-state index contributed by atoms with van der Waals surface area (Å²) in [5.41, 5.74) is 1.53. The third-order valence-electron chi connectivity index (χ3n) is 4.82. The van der Waals surface area contributed by atoms with E-state index in [0.29, 0.717) is 5.69 Å². The zero-order chi connectivity index (χ0) is 18.8. The van der Waals surface area contributed by atoms with Crippen LogP contribution in [0, 0.1) is 5.82 Å². The van der Waals surface area contributed by atoms with Crippen molar-refractivity contribution in [2.24, 2.45) is 0 Å². The topological polar surface area (TPSA) is 46.1 Å². The second kappa shape index (κ2) is 7.64. The highest BCUT2D eigenvalue weighted by Gasteiger charge is 2.25. The van der Waals surface area contributed by atoms with Crippen molar-refractivity contribution < 1.29 is 9.18 Å². The normalized spacial score (nSPS) is 15.3. The molecule has 4 rings (SSSR count). The molecule has 27 heavy (non-hydrogen) atoms. The lowest BCUT2D eigenvalue weighted by Gasteiger charge is -2.20. The third-order valence-corrected chi connectivity index (χ3v) is 5.90. The quantitative estimate of drug-likeness (QED) is 0.623. The summed E-state index contributed by atoms with van der Waals surface area (Å²) in [7, 11) is 0. The number of carbonyl (C=O) groups excluding carboxylic acids is 1. The summed E-state index contributed by atoms with van der Waals surface area (Å²) in [5, 5.41) is 11.2. The molecule has 0 radical (unpaired) electrons. The van der Waals surface area contributed by atoms with Crippen molar-refractivity contribution in [1.29, 1.82) is 0 Å². The first-order chi connectivity index (χ1) is 13.1. The van der Waals surface area contributed by atoms with E-state index in [1.165, 1.54) is 23.9 Å². The Hall–Kier alpha value is -2.47. The lowest BCUT2D eigenvalue weighted by atomic mass is 10.1. The summed E-state index contributed by atoms with van der Waals surface area (Å²) in [5.74, 6) is -0.122. The molecule has 1 atom stereocenters. The Morgan fingerprint density at radius 2 is 1.70 bits per heavy atom. The summed E-state index contributed by atoms with van der Waals surface area (Å²) >= 11 is 1.45. The molecule has 0 aliphatic carbocycles. The van der Waals surface area contributed by atoms with Crippen LogP contribution < -0.4 is 0 Å². The Labute approximate surface area is 161 Å². The molecule has 0 bridgehead atoms. The molecule has 2 aromatic carbocycles. The second-order valence-corrected chi connectivity index (χ2v) is 8.03. The fraction of sp³-hybridized carbons (Fsp3) is 0.286. The lowest BCUT2D eigenvalue weighted by Crippen LogP contribution is -2.34. The molecule has 138 valence electrons. The Morgan fingerprint density at radius 1 is 1.04 bits per heavy atom. The van der Waals surface area contributed by atoms with Gasteiger partial charge in [-0.2, -0.15) is 0 Å². The Kier molecular flexibility index (Phi) is 5.07. The van der Waals surface area contributed by atoms with Gasteiger partial charge in [0.2, 0.25) is 5.91 Å². The summed E-state index contributed by atoms with van der Waals surface area (Å²) in [6, 6.07) is 14.1. The van der Waals surface area contributed by atoms with E-state index in [0.717, 1.165) is 47.3 Å². The summed E-state index contributed by atoms with van der Waals surface area (Å²) in [4.78, 5) is 14.6. The largest absolute Gasteiger partial charge is 0.342 e. The molecule has 4 nitrogen and oxygen atoms in total. The van der Waals surface area contributed by atoms with E-state index in [4.69, 9.17) is 0 Å². The maximum absolute atomic E-state index is 13.3. The van der Waals surface area contributed by atoms with Gasteiger partial charge in [-0.3, -0.25) is 4.79 Å². The van der Waals surface area contributed by atoms with Crippen molar-refractivity contribution in [3.8, 4) is 11.3 Å². The SMILES string of the molecule is CC(Sc1nnc(-c2ccc(F)cc2)c2ccccc12)C(=O)N1CCCC1. The van der Waals surface area contributed by atoms with Gasteiger partial charge < -0.3 is 4.90 Å². The van der Waals surface area contributed by atoms with Crippen LogP contribution in [0.15, 0.2) is 53.6 Å². The predicted molar refractivity (Wildman–Crippen MR) is 106 cm³/mol. The van der Waals surface area contributed by atoms with E-state index in [-0.39, 0.29) is 17.0 Å². The first-order valence-corrected chi connectivity index (χ1v) is 9.98. The number of aromatic nitrogens is 2. The minimum Gasteiger partial charge on any atom is -0.342 e. The second-order valence-electron chi connectivity index (χ2n) is 6.70. The standard InChI is InChI=1S/C21H20FN3OS/c1-14(21(26)25-12-4-5-13-25)27-20-18-7-3-2-6-17(18)19(23-24-20)15-8-10-16(22)11-9-15/h2-3,6-11,14H,4-5,12-13H2,1H3. The molecule has 1 aromatic heterocycles. The third kappa shape index (κ3) is 3.67. The number of likely N-dealkylation sites (tertiary alicyclic amines) is 1. The van der Waals surface area contributed by atoms with Crippen LogP contribution in [0.4, 0.5) is 4.39 Å². The zero-order valence-corrected chi connectivity index (χ0v) is 15.9. The molecule has 3 aromatic rings. The van der Waals surface area contributed by atoms with Gasteiger partial charge in [0.15, 0.2) is 0 Å². The molecule has 1 aliphatic rings. The van der Waals surface area contributed by atoms with Crippen molar-refractivity contribution in [2.45, 2.75) is 30.0 Å². The fourth-order valence-electron chi connectivity index (χ4n) is 3.40. The molecule has 1 fully saturated rings. The van der Waals surface area contributed by atoms with E-state index >= 15 is 0 Å². The number of hydrogen-bond acceptors (Lipinski definition) is 4. The maximum atomic E-state index is 13.3. The molecular formula is C21H20FN3OS. The van der Waals surface area contributed by atoms with E-state index < -0.39 is 0 Å². The van der Waals surface area contributed by atoms with Crippen molar-refractivity contribution >= 4 is 28.4 Å². The Morgan fingerprint density at radius 3 is 2.41 bits per heavy atom. The van der Waals surface area contributed by atoms with Gasteiger partial charge in [-0.15, -0.1) is 10.2 Å². The zero-order valence-electron chi connectivity index (χ0n) is 15.1. The van der Waals surface area contributed by atoms with E-state index in [9.17, 15) is 9.18 Å². The van der Waals surface area contributed by atoms with Crippen LogP contribution in [0.3, 0.4) is 0 Å². The highest BCUT2D eigenvalue weighted by molar-refractivity contribution is 8.00.